The molecule has 5 rings (SSSR count). The smallest absolute Gasteiger partial charge is 0.335 e. The molecule has 1 aliphatic heterocycles. The minimum absolute atomic E-state index is 0.128. The molecule has 2 aliphatic carbocycles. The van der Waals surface area contributed by atoms with E-state index in [0.29, 0.717) is 35.7 Å². The first-order valence-electron chi connectivity index (χ1n) is 12.4. The van der Waals surface area contributed by atoms with Crippen LogP contribution in [0.4, 0.5) is 0 Å². The van der Waals surface area contributed by atoms with Crippen LogP contribution in [-0.2, 0) is 22.6 Å². The Morgan fingerprint density at radius 2 is 1.86 bits per heavy atom. The summed E-state index contributed by atoms with van der Waals surface area (Å²) in [7, 11) is 0. The molecule has 2 amide bonds. The SMILES string of the molecule is C=CCc1cc(C=NN2C(=O)[C@@H]3[C@H](C2=O)[C@H]2C=C[C@H]3C2)cc(OCC)c1OCc1cccc(C(=O)O)c1. The van der Waals surface area contributed by atoms with Gasteiger partial charge in [-0.3, -0.25) is 9.59 Å². The van der Waals surface area contributed by atoms with Crippen LogP contribution in [0.5, 0.6) is 11.5 Å². The Morgan fingerprint density at radius 3 is 2.51 bits per heavy atom. The third-order valence-corrected chi connectivity index (χ3v) is 7.14. The van der Waals surface area contributed by atoms with Gasteiger partial charge in [0, 0.05) is 5.56 Å². The van der Waals surface area contributed by atoms with Gasteiger partial charge in [-0.1, -0.05) is 30.4 Å². The summed E-state index contributed by atoms with van der Waals surface area (Å²) in [5, 5.41) is 14.6. The molecular weight excluding hydrogens is 472 g/mol. The van der Waals surface area contributed by atoms with E-state index < -0.39 is 5.97 Å². The number of carbonyl (C=O) groups excluding carboxylic acids is 2. The number of carboxylic acids is 1. The number of hydrazone groups is 1. The summed E-state index contributed by atoms with van der Waals surface area (Å²) >= 11 is 0. The largest absolute Gasteiger partial charge is 0.490 e. The number of amides is 2. The van der Waals surface area contributed by atoms with E-state index in [4.69, 9.17) is 9.47 Å². The van der Waals surface area contributed by atoms with Gasteiger partial charge in [-0.15, -0.1) is 6.58 Å². The molecule has 0 aromatic heterocycles. The molecule has 2 aromatic carbocycles. The number of hydrogen-bond acceptors (Lipinski definition) is 6. The van der Waals surface area contributed by atoms with Crippen LogP contribution in [0.2, 0.25) is 0 Å². The second-order valence-corrected chi connectivity index (χ2v) is 9.46. The number of carbonyl (C=O) groups is 3. The fourth-order valence-electron chi connectivity index (χ4n) is 5.57. The topological polar surface area (TPSA) is 106 Å². The highest BCUT2D eigenvalue weighted by Gasteiger charge is 2.59. The van der Waals surface area contributed by atoms with Crippen LogP contribution in [-0.4, -0.2) is 40.7 Å². The molecule has 8 heteroatoms. The van der Waals surface area contributed by atoms with E-state index in [9.17, 15) is 19.5 Å². The Kier molecular flexibility index (Phi) is 6.65. The van der Waals surface area contributed by atoms with E-state index in [0.717, 1.165) is 17.0 Å². The standard InChI is InChI=1S/C29H28N2O6/c1-3-6-21-12-18(15-30-31-27(32)24-19-9-10-20(14-19)25(24)28(31)33)13-23(36-4-2)26(21)37-16-17-7-5-8-22(11-17)29(34)35/h3,5,7-13,15,19-20,24-25H,1,4,6,14,16H2,2H3,(H,34,35)/t19-,20-,24-,25+/m0/s1. The molecule has 8 nitrogen and oxygen atoms in total. The fourth-order valence-corrected chi connectivity index (χ4v) is 5.57. The molecule has 1 saturated carbocycles. The first-order chi connectivity index (χ1) is 17.9. The Labute approximate surface area is 214 Å². The average molecular weight is 501 g/mol. The average Bonchev–Trinajstić information content (AvgIpc) is 3.57. The van der Waals surface area contributed by atoms with Gasteiger partial charge in [0.2, 0.25) is 0 Å². The maximum Gasteiger partial charge on any atom is 0.335 e. The van der Waals surface area contributed by atoms with E-state index in [2.05, 4.69) is 23.8 Å². The summed E-state index contributed by atoms with van der Waals surface area (Å²) in [6.07, 6.45) is 8.69. The number of ether oxygens (including phenoxy) is 2. The Hall–Kier alpha value is -4.20. The lowest BCUT2D eigenvalue weighted by atomic mass is 9.85. The van der Waals surface area contributed by atoms with Gasteiger partial charge in [0.05, 0.1) is 30.2 Å². The highest BCUT2D eigenvalue weighted by molar-refractivity contribution is 6.06. The molecular formula is C29H28N2O6. The van der Waals surface area contributed by atoms with Crippen LogP contribution >= 0.6 is 0 Å². The molecule has 2 fully saturated rings. The Bertz CT molecular complexity index is 1300. The minimum Gasteiger partial charge on any atom is -0.490 e. The van der Waals surface area contributed by atoms with E-state index in [1.54, 1.807) is 30.3 Å². The number of rotatable bonds is 10. The van der Waals surface area contributed by atoms with Gasteiger partial charge in [-0.2, -0.15) is 10.1 Å². The zero-order chi connectivity index (χ0) is 26.1. The molecule has 37 heavy (non-hydrogen) atoms. The first kappa shape index (κ1) is 24.5. The Morgan fingerprint density at radius 1 is 1.14 bits per heavy atom. The molecule has 3 aliphatic rings. The Balaban J connectivity index is 1.39. The van der Waals surface area contributed by atoms with Crippen LogP contribution in [0.1, 0.15) is 40.4 Å². The normalized spacial score (nSPS) is 23.6. The minimum atomic E-state index is -1.00. The van der Waals surface area contributed by atoms with Crippen molar-refractivity contribution in [3.63, 3.8) is 0 Å². The van der Waals surface area contributed by atoms with Crippen molar-refractivity contribution in [3.8, 4) is 11.5 Å². The quantitative estimate of drug-likeness (QED) is 0.297. The monoisotopic (exact) mass is 500 g/mol. The number of nitrogens with zero attached hydrogens (tertiary/aromatic N) is 2. The molecule has 2 bridgehead atoms. The number of benzene rings is 2. The van der Waals surface area contributed by atoms with Crippen molar-refractivity contribution in [3.05, 3.63) is 83.5 Å². The van der Waals surface area contributed by atoms with E-state index >= 15 is 0 Å². The summed E-state index contributed by atoms with van der Waals surface area (Å²) in [5.74, 6) is -0.816. The summed E-state index contributed by atoms with van der Waals surface area (Å²) in [5.41, 5.74) is 2.33. The number of imide groups is 1. The van der Waals surface area contributed by atoms with Gasteiger partial charge in [-0.25, -0.2) is 4.79 Å². The molecule has 4 atom stereocenters. The van der Waals surface area contributed by atoms with Crippen LogP contribution in [0.25, 0.3) is 0 Å². The number of hydrogen-bond donors (Lipinski definition) is 1. The molecule has 0 radical (unpaired) electrons. The number of fused-ring (bicyclic) bond motifs is 5. The van der Waals surface area contributed by atoms with Crippen molar-refractivity contribution in [1.29, 1.82) is 0 Å². The van der Waals surface area contributed by atoms with E-state index in [1.165, 1.54) is 12.3 Å². The van der Waals surface area contributed by atoms with Gasteiger partial charge >= 0.3 is 5.97 Å². The second kappa shape index (κ2) is 10.0. The van der Waals surface area contributed by atoms with Crippen molar-refractivity contribution in [2.75, 3.05) is 6.61 Å². The lowest BCUT2D eigenvalue weighted by Gasteiger charge is -2.17. The first-order valence-corrected chi connectivity index (χ1v) is 12.4. The molecule has 1 N–H and O–H groups in total. The summed E-state index contributed by atoms with van der Waals surface area (Å²) in [6, 6.07) is 10.2. The summed E-state index contributed by atoms with van der Waals surface area (Å²) in [4.78, 5) is 37.2. The van der Waals surface area contributed by atoms with Crippen molar-refractivity contribution >= 4 is 24.0 Å². The molecule has 0 spiro atoms. The lowest BCUT2D eigenvalue weighted by molar-refractivity contribution is -0.140. The van der Waals surface area contributed by atoms with Crippen molar-refractivity contribution in [1.82, 2.24) is 5.01 Å². The predicted octanol–water partition coefficient (Wildman–Crippen LogP) is 4.23. The molecule has 0 unspecified atom stereocenters. The van der Waals surface area contributed by atoms with Crippen molar-refractivity contribution in [2.24, 2.45) is 28.8 Å². The van der Waals surface area contributed by atoms with E-state index in [-0.39, 0.29) is 47.7 Å². The van der Waals surface area contributed by atoms with Crippen molar-refractivity contribution < 1.29 is 29.0 Å². The summed E-state index contributed by atoms with van der Waals surface area (Å²) < 4.78 is 12.0. The lowest BCUT2D eigenvalue weighted by Crippen LogP contribution is -2.28. The zero-order valence-corrected chi connectivity index (χ0v) is 20.5. The van der Waals surface area contributed by atoms with Gasteiger partial charge in [0.15, 0.2) is 11.5 Å². The third-order valence-electron chi connectivity index (χ3n) is 7.14. The highest BCUT2D eigenvalue weighted by atomic mass is 16.5. The zero-order valence-electron chi connectivity index (χ0n) is 20.5. The van der Waals surface area contributed by atoms with Gasteiger partial charge in [0.1, 0.15) is 6.61 Å². The maximum absolute atomic E-state index is 13.0. The molecule has 1 saturated heterocycles. The third kappa shape index (κ3) is 4.55. The number of allylic oxidation sites excluding steroid dienone is 3. The second-order valence-electron chi connectivity index (χ2n) is 9.46. The highest BCUT2D eigenvalue weighted by Crippen LogP contribution is 2.52. The van der Waals surface area contributed by atoms with Gasteiger partial charge in [-0.05, 0) is 67.0 Å². The van der Waals surface area contributed by atoms with Crippen LogP contribution in [0.3, 0.4) is 0 Å². The molecule has 2 aromatic rings. The van der Waals surface area contributed by atoms with Crippen LogP contribution in [0, 0.1) is 23.7 Å². The predicted molar refractivity (Wildman–Crippen MR) is 136 cm³/mol. The van der Waals surface area contributed by atoms with Crippen LogP contribution in [0.15, 0.2) is 66.3 Å². The molecule has 1 heterocycles. The number of carboxylic acid groups (broad SMARTS) is 1. The summed E-state index contributed by atoms with van der Waals surface area (Å²) in [6.45, 7) is 6.23. The fraction of sp³-hybridized carbons (Fsp3) is 0.310. The van der Waals surface area contributed by atoms with Gasteiger partial charge in [0.25, 0.3) is 11.8 Å². The van der Waals surface area contributed by atoms with Crippen molar-refractivity contribution in [2.45, 2.75) is 26.4 Å². The maximum atomic E-state index is 13.0. The van der Waals surface area contributed by atoms with Crippen LogP contribution < -0.4 is 9.47 Å². The van der Waals surface area contributed by atoms with E-state index in [1.807, 2.05) is 13.0 Å². The molecule has 190 valence electrons. The van der Waals surface area contributed by atoms with Gasteiger partial charge < -0.3 is 14.6 Å². The number of aromatic carboxylic acids is 1.